The number of nitrogens with one attached hydrogen (secondary N) is 2. The number of alkyl carbamates (subject to hydrolysis) is 1. The van der Waals surface area contributed by atoms with E-state index in [0.29, 0.717) is 55.9 Å². The van der Waals surface area contributed by atoms with E-state index in [1.54, 1.807) is 56.4 Å². The van der Waals surface area contributed by atoms with Gasteiger partial charge in [-0.2, -0.15) is 0 Å². The van der Waals surface area contributed by atoms with Crippen LogP contribution < -0.4 is 21.5 Å². The van der Waals surface area contributed by atoms with Gasteiger partial charge >= 0.3 is 41.9 Å². The Labute approximate surface area is 733 Å². The van der Waals surface area contributed by atoms with Crippen LogP contribution in [0.25, 0.3) is 55.0 Å². The molecule has 35 nitrogen and oxygen atoms in total. The van der Waals surface area contributed by atoms with Gasteiger partial charge in [0.1, 0.15) is 96.5 Å². The molecule has 16 atom stereocenters. The Morgan fingerprint density at radius 1 is 0.437 bits per heavy atom. The van der Waals surface area contributed by atoms with Crippen LogP contribution in [0.2, 0.25) is 0 Å². The quantitative estimate of drug-likeness (QED) is 0.0208. The molecular weight excluding hydrogens is 1650 g/mol. The molecule has 6 aromatic carbocycles. The summed E-state index contributed by atoms with van der Waals surface area (Å²) in [7, 11) is 8.12. The average molecular weight is 1780 g/mol. The predicted octanol–water partition coefficient (Wildman–Crippen LogP) is 8.00. The molecule has 3 fully saturated rings. The second-order valence-electron chi connectivity index (χ2n) is 27.9. The summed E-state index contributed by atoms with van der Waals surface area (Å²) in [5, 5.41) is 80.4. The summed E-state index contributed by atoms with van der Waals surface area (Å²) < 4.78 is 77.2. The number of aliphatic hydroxyl groups is 8. The summed E-state index contributed by atoms with van der Waals surface area (Å²) in [6.45, 7) is 13.3. The fourth-order valence-electron chi connectivity index (χ4n) is 13.4. The number of hydrogen-bond donors (Lipinski definition) is 10. The van der Waals surface area contributed by atoms with Gasteiger partial charge in [-0.05, 0) is 103 Å². The zero-order valence-electron chi connectivity index (χ0n) is 68.9. The maximum absolute atomic E-state index is 12.7. The van der Waals surface area contributed by atoms with Gasteiger partial charge in [-0.15, -0.1) is 0 Å². The molecule has 0 bridgehead atoms. The van der Waals surface area contributed by atoms with Gasteiger partial charge in [0.15, 0.2) is 37.2 Å². The van der Waals surface area contributed by atoms with E-state index in [2.05, 4.69) is 39.6 Å². The van der Waals surface area contributed by atoms with Crippen LogP contribution in [0.5, 0.6) is 0 Å². The molecule has 126 heavy (non-hydrogen) atoms. The van der Waals surface area contributed by atoms with Crippen molar-refractivity contribution in [2.45, 2.75) is 230 Å². The predicted molar refractivity (Wildman–Crippen MR) is 468 cm³/mol. The molecule has 2 amide bonds. The van der Waals surface area contributed by atoms with Crippen molar-refractivity contribution < 1.29 is 150 Å². The van der Waals surface area contributed by atoms with Crippen LogP contribution in [-0.4, -0.2) is 256 Å². The van der Waals surface area contributed by atoms with Crippen molar-refractivity contribution in [3.63, 3.8) is 0 Å². The van der Waals surface area contributed by atoms with E-state index in [-0.39, 0.29) is 99.3 Å². The Kier molecular flexibility index (Phi) is 47.7. The number of carbonyl (C=O) groups is 8. The van der Waals surface area contributed by atoms with Gasteiger partial charge in [-0.1, -0.05) is 136 Å². The highest BCUT2D eigenvalue weighted by Gasteiger charge is 2.53. The van der Waals surface area contributed by atoms with Gasteiger partial charge in [0.2, 0.25) is 16.8 Å². The highest BCUT2D eigenvalue weighted by Crippen LogP contribution is 2.45. The number of rotatable bonds is 19. The number of benzene rings is 6. The lowest BCUT2D eigenvalue weighted by Crippen LogP contribution is -2.62. The summed E-state index contributed by atoms with van der Waals surface area (Å²) in [6, 6.07) is 33.6. The van der Waals surface area contributed by atoms with Crippen LogP contribution in [0, 0.1) is 27.7 Å². The smallest absolute Gasteiger partial charge is 0.407 e. The summed E-state index contributed by atoms with van der Waals surface area (Å²) >= 11 is 0. The van der Waals surface area contributed by atoms with Crippen LogP contribution in [0.4, 0.5) is 4.79 Å². The minimum atomic E-state index is -1.36. The average Bonchev–Trinajstić information content (AvgIpc) is 1.73. The monoisotopic (exact) mass is 1780 g/mol. The largest absolute Gasteiger partial charge is 0.469 e. The molecule has 0 spiro atoms. The van der Waals surface area contributed by atoms with Crippen LogP contribution in [-0.2, 0) is 108 Å². The van der Waals surface area contributed by atoms with Crippen molar-refractivity contribution in [1.82, 2.24) is 10.6 Å². The first kappa shape index (κ1) is 113. The topological polar surface area (TPSA) is 503 Å². The Hall–Kier alpha value is -10.7. The summed E-state index contributed by atoms with van der Waals surface area (Å²) in [6.07, 6.45) is -17.4. The third-order valence-corrected chi connectivity index (χ3v) is 20.0. The number of fused-ring (bicyclic) bond motifs is 7. The van der Waals surface area contributed by atoms with Crippen molar-refractivity contribution >= 4 is 91.7 Å². The Bertz CT molecular complexity index is 4730. The Morgan fingerprint density at radius 3 is 1.23 bits per heavy atom. The molecule has 1 aliphatic carbocycles. The first-order valence-corrected chi connectivity index (χ1v) is 37.9. The SMILES string of the molecule is C.C.C.C.C.C.CC[C@H](NC(=O)OCC1c2ccccc2-c2ccccc21)C(=O)OC.CNC(=O)Cc1cccc2c(=O)c3ccc(C)c(C)c3oc12.COC(=O)Cc1cccc2c(=O)c3ccc(C)c(C)c3oc12.COC1OC(CO)C(O)C(O)C1O.COC1OC(CO)C(O)C(O)C1O.COC1OC(COC(C)=O)C(OC(C)=O)C(OC(C)=O)C1OC(C)=O. The third-order valence-electron chi connectivity index (χ3n) is 20.0. The number of methoxy groups -OCH3 is 5. The summed E-state index contributed by atoms with van der Waals surface area (Å²) in [5.74, 6) is -3.59. The summed E-state index contributed by atoms with van der Waals surface area (Å²) in [4.78, 5) is 118. The second-order valence-corrected chi connectivity index (χ2v) is 27.9. The molecule has 8 aromatic rings. The van der Waals surface area contributed by atoms with Crippen molar-refractivity contribution in [3.8, 4) is 11.1 Å². The Balaban J connectivity index is 0.000000760. The normalized spacial score (nSPS) is 21.8. The summed E-state index contributed by atoms with van der Waals surface area (Å²) in [5.41, 5.74) is 12.0. The van der Waals surface area contributed by atoms with Gasteiger partial charge in [0.05, 0.1) is 61.8 Å². The molecule has 2 aromatic heterocycles. The maximum Gasteiger partial charge on any atom is 0.407 e. The number of aryl methyl sites for hydroxylation is 4. The standard InChI is InChI=1S/C20H21NO4.C18H17NO3.C18H16O4.C15H22O10.2C7H14O6.6CH4/c1-3-18(19(22)24-2)21-20(23)25-12-17-15-10-6-4-8-13(15)14-9-5-7-11-16(14)17;1-10-7-8-14-16(21)13-6-4-5-12(9-15(20)19-3)18(13)22-17(14)11(10)2;1-10-7-8-14-16(20)13-6-4-5-12(9-15(19)21-3)18(13)22-17(14)11(10)2;1-7(16)21-6-11-12(22-8(2)17)13(23-9(3)18)14(24-10(4)19)15(20-5)25-11;2*1-12-7-6(11)5(10)4(9)3(2-8)13-7;;;;;;/h4-11,17-18H,3,12H2,1-2H3,(H,21,23);4-8H,9H2,1-3H3,(H,19,20);4-8H,9H2,1-3H3;11-15H,6H2,1-5H3;2*3-11H,2H2,1H3;6*1H4/t18-;;;;;;;;;;;/m0.........../s1. The molecule has 0 saturated carbocycles. The number of hydrogen-bond acceptors (Lipinski definition) is 33. The lowest BCUT2D eigenvalue weighted by Gasteiger charge is -2.43. The van der Waals surface area contributed by atoms with Crippen LogP contribution in [0.15, 0.2) is 128 Å². The van der Waals surface area contributed by atoms with Crippen LogP contribution in [0.1, 0.15) is 136 Å². The molecule has 4 aliphatic rings. The van der Waals surface area contributed by atoms with E-state index in [1.807, 2.05) is 70.2 Å². The number of aliphatic hydroxyl groups excluding tert-OH is 8. The molecule has 12 rings (SSSR count). The third kappa shape index (κ3) is 28.1. The first-order chi connectivity index (χ1) is 57.1. The minimum Gasteiger partial charge on any atom is -0.469 e. The van der Waals surface area contributed by atoms with Crippen molar-refractivity contribution in [1.29, 1.82) is 0 Å². The molecular formula is C91H128N2O33. The van der Waals surface area contributed by atoms with E-state index in [4.69, 9.17) is 75.9 Å². The second kappa shape index (κ2) is 53.0. The van der Waals surface area contributed by atoms with E-state index >= 15 is 0 Å². The van der Waals surface area contributed by atoms with Crippen molar-refractivity contribution in [2.75, 3.05) is 69.0 Å². The van der Waals surface area contributed by atoms with Crippen molar-refractivity contribution in [3.05, 3.63) is 174 Å². The van der Waals surface area contributed by atoms with Crippen LogP contribution in [0.3, 0.4) is 0 Å². The fourth-order valence-corrected chi connectivity index (χ4v) is 13.4. The lowest BCUT2D eigenvalue weighted by molar-refractivity contribution is -0.302. The van der Waals surface area contributed by atoms with E-state index in [1.165, 1.54) is 53.6 Å². The molecule has 35 heteroatoms. The minimum absolute atomic E-state index is 0. The van der Waals surface area contributed by atoms with Gasteiger partial charge in [0.25, 0.3) is 0 Å². The Morgan fingerprint density at radius 2 is 0.841 bits per heavy atom. The highest BCUT2D eigenvalue weighted by atomic mass is 16.7. The molecule has 10 N–H and O–H groups in total. The number of carbonyl (C=O) groups excluding carboxylic acids is 8. The van der Waals surface area contributed by atoms with E-state index in [0.717, 1.165) is 59.7 Å². The first-order valence-electron chi connectivity index (χ1n) is 37.9. The molecule has 3 aliphatic heterocycles. The molecule has 15 unspecified atom stereocenters. The van der Waals surface area contributed by atoms with Crippen LogP contribution >= 0.6 is 0 Å². The fraction of sp³-hybridized carbons (Fsp3) is 0.495. The van der Waals surface area contributed by atoms with E-state index in [9.17, 15) is 78.6 Å². The highest BCUT2D eigenvalue weighted by molar-refractivity contribution is 5.96. The molecule has 700 valence electrons. The van der Waals surface area contributed by atoms with Gasteiger partial charge in [-0.3, -0.25) is 38.4 Å². The van der Waals surface area contributed by atoms with Gasteiger partial charge < -0.3 is 122 Å². The molecule has 0 radical (unpaired) electrons. The number of para-hydroxylation sites is 2. The van der Waals surface area contributed by atoms with E-state index < -0.39 is 147 Å². The molecule has 5 heterocycles. The zero-order chi connectivity index (χ0) is 88.7. The lowest BCUT2D eigenvalue weighted by atomic mass is 9.98. The zero-order valence-corrected chi connectivity index (χ0v) is 68.9. The number of likely N-dealkylation sites (N-methyl/N-ethyl adjacent to an activating group) is 1. The van der Waals surface area contributed by atoms with Gasteiger partial charge in [0, 0.05) is 73.1 Å². The number of amides is 2. The molecule has 3 saturated heterocycles. The van der Waals surface area contributed by atoms with Gasteiger partial charge in [-0.25, -0.2) is 9.59 Å². The maximum atomic E-state index is 12.7. The number of esters is 6. The van der Waals surface area contributed by atoms with Crippen molar-refractivity contribution in [2.24, 2.45) is 0 Å². The number of ether oxygens (including phenoxy) is 13.